The number of rotatable bonds is 3. The molecule has 0 fully saturated rings. The van der Waals surface area contributed by atoms with E-state index in [1.54, 1.807) is 13.2 Å². The lowest BCUT2D eigenvalue weighted by atomic mass is 10.4. The summed E-state index contributed by atoms with van der Waals surface area (Å²) in [5, 5.41) is 3.32. The van der Waals surface area contributed by atoms with Crippen molar-refractivity contribution in [1.82, 2.24) is 0 Å². The van der Waals surface area contributed by atoms with Crippen LogP contribution in [0.25, 0.3) is 0 Å². The quantitative estimate of drug-likeness (QED) is 0.396. The fourth-order valence-corrected chi connectivity index (χ4v) is 0.757. The average Bonchev–Trinajstić information content (AvgIpc) is 2.38. The van der Waals surface area contributed by atoms with Gasteiger partial charge in [0, 0.05) is 7.11 Å². The molecular weight excluding hydrogens is 144 g/mol. The number of ether oxygens (including phenoxy) is 1. The lowest BCUT2D eigenvalue weighted by Crippen LogP contribution is -1.84. The molecule has 1 rings (SSSR count). The molecule has 0 aromatic carbocycles. The molecule has 0 spiro atoms. The van der Waals surface area contributed by atoms with Crippen molar-refractivity contribution in [3.63, 3.8) is 0 Å². The SMILES string of the molecule is COCc1ccc(/C=N/N)o1. The van der Waals surface area contributed by atoms with E-state index in [1.165, 1.54) is 6.21 Å². The number of nitrogens with two attached hydrogens (primary N) is 1. The van der Waals surface area contributed by atoms with Crippen molar-refractivity contribution >= 4 is 6.21 Å². The summed E-state index contributed by atoms with van der Waals surface area (Å²) >= 11 is 0. The Labute approximate surface area is 64.6 Å². The molecule has 0 aliphatic rings. The van der Waals surface area contributed by atoms with Crippen LogP contribution in [0.2, 0.25) is 0 Å². The van der Waals surface area contributed by atoms with Gasteiger partial charge in [0.15, 0.2) is 0 Å². The highest BCUT2D eigenvalue weighted by Gasteiger charge is 1.97. The van der Waals surface area contributed by atoms with Crippen molar-refractivity contribution in [1.29, 1.82) is 0 Å². The Morgan fingerprint density at radius 1 is 1.73 bits per heavy atom. The van der Waals surface area contributed by atoms with Crippen molar-refractivity contribution in [2.45, 2.75) is 6.61 Å². The van der Waals surface area contributed by atoms with Crippen molar-refractivity contribution in [3.05, 3.63) is 23.7 Å². The Hall–Kier alpha value is -1.29. The third-order valence-corrected chi connectivity index (χ3v) is 1.17. The molecule has 0 bridgehead atoms. The maximum Gasteiger partial charge on any atom is 0.147 e. The molecule has 2 N–H and O–H groups in total. The first kappa shape index (κ1) is 7.81. The van der Waals surface area contributed by atoms with Crippen LogP contribution in [0.1, 0.15) is 11.5 Å². The number of furan rings is 1. The normalized spacial score (nSPS) is 11.0. The fraction of sp³-hybridized carbons (Fsp3) is 0.286. The molecular formula is C7H10N2O2. The van der Waals surface area contributed by atoms with E-state index in [2.05, 4.69) is 5.10 Å². The second-order valence-corrected chi connectivity index (χ2v) is 2.02. The number of hydrogen-bond acceptors (Lipinski definition) is 4. The van der Waals surface area contributed by atoms with Gasteiger partial charge >= 0.3 is 0 Å². The van der Waals surface area contributed by atoms with Gasteiger partial charge in [0.1, 0.15) is 18.1 Å². The molecule has 1 heterocycles. The lowest BCUT2D eigenvalue weighted by Gasteiger charge is -1.90. The monoisotopic (exact) mass is 154 g/mol. The minimum atomic E-state index is 0.471. The molecule has 1 aromatic rings. The Balaban J connectivity index is 2.65. The molecule has 4 nitrogen and oxygen atoms in total. The summed E-state index contributed by atoms with van der Waals surface area (Å²) in [4.78, 5) is 0. The maximum atomic E-state index is 5.21. The van der Waals surface area contributed by atoms with Crippen LogP contribution in [0.5, 0.6) is 0 Å². The van der Waals surface area contributed by atoms with Crippen molar-refractivity contribution in [3.8, 4) is 0 Å². The van der Waals surface area contributed by atoms with Crippen LogP contribution in [0.4, 0.5) is 0 Å². The first-order chi connectivity index (χ1) is 5.36. The summed E-state index contributed by atoms with van der Waals surface area (Å²) in [7, 11) is 1.61. The van der Waals surface area contributed by atoms with Crippen LogP contribution in [-0.4, -0.2) is 13.3 Å². The first-order valence-corrected chi connectivity index (χ1v) is 3.17. The zero-order chi connectivity index (χ0) is 8.10. The fourth-order valence-electron chi connectivity index (χ4n) is 0.757. The highest BCUT2D eigenvalue weighted by atomic mass is 16.5. The van der Waals surface area contributed by atoms with Gasteiger partial charge in [-0.3, -0.25) is 0 Å². The Kier molecular flexibility index (Phi) is 2.68. The molecule has 0 unspecified atom stereocenters. The smallest absolute Gasteiger partial charge is 0.147 e. The Bertz CT molecular complexity index is 242. The van der Waals surface area contributed by atoms with E-state index in [1.807, 2.05) is 6.07 Å². The van der Waals surface area contributed by atoms with Crippen molar-refractivity contribution in [2.24, 2.45) is 10.9 Å². The third-order valence-electron chi connectivity index (χ3n) is 1.17. The summed E-state index contributed by atoms with van der Waals surface area (Å²) in [6, 6.07) is 3.60. The Morgan fingerprint density at radius 2 is 2.55 bits per heavy atom. The van der Waals surface area contributed by atoms with Gasteiger partial charge in [-0.1, -0.05) is 0 Å². The highest BCUT2D eigenvalue weighted by molar-refractivity contribution is 5.75. The van der Waals surface area contributed by atoms with Gasteiger partial charge in [-0.25, -0.2) is 0 Å². The van der Waals surface area contributed by atoms with Gasteiger partial charge in [-0.2, -0.15) is 5.10 Å². The predicted molar refractivity (Wildman–Crippen MR) is 41.2 cm³/mol. The van der Waals surface area contributed by atoms with Crippen LogP contribution in [0.3, 0.4) is 0 Å². The maximum absolute atomic E-state index is 5.21. The van der Waals surface area contributed by atoms with Gasteiger partial charge in [0.25, 0.3) is 0 Å². The average molecular weight is 154 g/mol. The number of hydrogen-bond donors (Lipinski definition) is 1. The van der Waals surface area contributed by atoms with E-state index in [4.69, 9.17) is 15.0 Å². The molecule has 0 atom stereocenters. The summed E-state index contributed by atoms with van der Waals surface area (Å²) in [6.07, 6.45) is 1.44. The second-order valence-electron chi connectivity index (χ2n) is 2.02. The molecule has 0 saturated carbocycles. The van der Waals surface area contributed by atoms with E-state index in [9.17, 15) is 0 Å². The van der Waals surface area contributed by atoms with Crippen LogP contribution in [0.15, 0.2) is 21.7 Å². The van der Waals surface area contributed by atoms with Crippen LogP contribution < -0.4 is 5.84 Å². The summed E-state index contributed by atoms with van der Waals surface area (Å²) < 4.78 is 10.1. The summed E-state index contributed by atoms with van der Waals surface area (Å²) in [5.74, 6) is 6.33. The molecule has 0 aliphatic heterocycles. The van der Waals surface area contributed by atoms with E-state index >= 15 is 0 Å². The summed E-state index contributed by atoms with van der Waals surface area (Å²) in [5.41, 5.74) is 0. The van der Waals surface area contributed by atoms with E-state index in [-0.39, 0.29) is 0 Å². The highest BCUT2D eigenvalue weighted by Crippen LogP contribution is 2.05. The summed E-state index contributed by atoms with van der Waals surface area (Å²) in [6.45, 7) is 0.471. The van der Waals surface area contributed by atoms with Gasteiger partial charge < -0.3 is 15.0 Å². The molecule has 60 valence electrons. The topological polar surface area (TPSA) is 60.8 Å². The van der Waals surface area contributed by atoms with E-state index in [0.29, 0.717) is 12.4 Å². The van der Waals surface area contributed by atoms with Gasteiger partial charge in [0.05, 0.1) is 6.21 Å². The first-order valence-electron chi connectivity index (χ1n) is 3.17. The van der Waals surface area contributed by atoms with E-state index in [0.717, 1.165) is 5.76 Å². The number of methoxy groups -OCH3 is 1. The predicted octanol–water partition coefficient (Wildman–Crippen LogP) is 0.719. The Morgan fingerprint density at radius 3 is 3.18 bits per heavy atom. The molecule has 0 radical (unpaired) electrons. The van der Waals surface area contributed by atoms with Crippen molar-refractivity contribution < 1.29 is 9.15 Å². The zero-order valence-electron chi connectivity index (χ0n) is 6.28. The molecule has 4 heteroatoms. The van der Waals surface area contributed by atoms with E-state index < -0.39 is 0 Å². The van der Waals surface area contributed by atoms with Crippen LogP contribution >= 0.6 is 0 Å². The van der Waals surface area contributed by atoms with Crippen LogP contribution in [0, 0.1) is 0 Å². The number of hydrazone groups is 1. The standard InChI is InChI=1S/C7H10N2O2/c1-10-5-7-3-2-6(11-7)4-9-8/h2-4H,5,8H2,1H3/b9-4+. The minimum Gasteiger partial charge on any atom is -0.458 e. The van der Waals surface area contributed by atoms with Gasteiger partial charge in [-0.05, 0) is 12.1 Å². The van der Waals surface area contributed by atoms with Crippen LogP contribution in [-0.2, 0) is 11.3 Å². The molecule has 0 aliphatic carbocycles. The number of nitrogens with zero attached hydrogens (tertiary/aromatic N) is 1. The van der Waals surface area contributed by atoms with Crippen molar-refractivity contribution in [2.75, 3.05) is 7.11 Å². The molecule has 0 amide bonds. The zero-order valence-corrected chi connectivity index (χ0v) is 6.28. The minimum absolute atomic E-state index is 0.471. The molecule has 0 saturated heterocycles. The van der Waals surface area contributed by atoms with Gasteiger partial charge in [0.2, 0.25) is 0 Å². The molecule has 1 aromatic heterocycles. The largest absolute Gasteiger partial charge is 0.458 e. The van der Waals surface area contributed by atoms with Gasteiger partial charge in [-0.15, -0.1) is 0 Å². The third kappa shape index (κ3) is 2.09. The lowest BCUT2D eigenvalue weighted by molar-refractivity contribution is 0.164. The molecule has 11 heavy (non-hydrogen) atoms. The second kappa shape index (κ2) is 3.78.